The topological polar surface area (TPSA) is 146 Å². The Kier molecular flexibility index (Phi) is 11.2. The van der Waals surface area contributed by atoms with E-state index in [1.807, 2.05) is 51.8 Å². The van der Waals surface area contributed by atoms with Crippen molar-refractivity contribution in [1.29, 1.82) is 0 Å². The van der Waals surface area contributed by atoms with Gasteiger partial charge in [-0.2, -0.15) is 0 Å². The van der Waals surface area contributed by atoms with Crippen molar-refractivity contribution in [3.63, 3.8) is 0 Å². The predicted octanol–water partition coefficient (Wildman–Crippen LogP) is 9.51. The molecule has 3 amide bonds. The molecule has 0 saturated carbocycles. The molecule has 0 unspecified atom stereocenters. The SMILES string of the molecule is CCCCN(Cc1ncc(-c2ccc3cc(-c4ccc5c(ccc6nc([C@@H]7CCCN7C(=O)[C@@H](NC(=O)OC)C(C)C)[nH]c65)c4)ccc3c2)[nH]1)C(=O)OC(C)(C)C. The third-order valence-corrected chi connectivity index (χ3v) is 10.6. The van der Waals surface area contributed by atoms with E-state index in [1.54, 1.807) is 4.90 Å². The quantitative estimate of drug-likeness (QED) is 0.119. The number of nitrogens with one attached hydrogen (secondary N) is 3. The fourth-order valence-corrected chi connectivity index (χ4v) is 7.63. The number of likely N-dealkylation sites (tertiary alicyclic amines) is 1. The number of aromatic nitrogens is 4. The zero-order valence-electron chi connectivity index (χ0n) is 33.9. The van der Waals surface area contributed by atoms with Crippen LogP contribution >= 0.6 is 0 Å². The normalized spacial score (nSPS) is 15.1. The second-order valence-electron chi connectivity index (χ2n) is 16.3. The zero-order chi connectivity index (χ0) is 40.4. The Bertz CT molecular complexity index is 2430. The van der Waals surface area contributed by atoms with Crippen molar-refractivity contribution in [2.45, 2.75) is 91.5 Å². The van der Waals surface area contributed by atoms with E-state index in [2.05, 4.69) is 87.9 Å². The van der Waals surface area contributed by atoms with Gasteiger partial charge in [0.05, 0.1) is 42.6 Å². The third-order valence-electron chi connectivity index (χ3n) is 10.6. The molecule has 4 aromatic carbocycles. The number of hydrogen-bond acceptors (Lipinski definition) is 7. The summed E-state index contributed by atoms with van der Waals surface area (Å²) in [5.41, 5.74) is 5.34. The Hall–Kier alpha value is -5.91. The molecular weight excluding hydrogens is 719 g/mol. The molecule has 57 heavy (non-hydrogen) atoms. The number of imidazole rings is 2. The maximum Gasteiger partial charge on any atom is 0.410 e. The number of unbranched alkanes of at least 4 members (excludes halogenated alkanes) is 1. The number of rotatable bonds is 11. The number of aromatic amines is 2. The number of hydrogen-bond donors (Lipinski definition) is 3. The van der Waals surface area contributed by atoms with Crippen LogP contribution in [-0.2, 0) is 20.8 Å². The number of amides is 3. The summed E-state index contributed by atoms with van der Waals surface area (Å²) in [6.07, 6.45) is 4.38. The Morgan fingerprint density at radius 3 is 2.33 bits per heavy atom. The van der Waals surface area contributed by atoms with Crippen LogP contribution in [0.25, 0.3) is 55.0 Å². The molecule has 2 aromatic heterocycles. The highest BCUT2D eigenvalue weighted by Gasteiger charge is 2.37. The summed E-state index contributed by atoms with van der Waals surface area (Å²) in [6.45, 7) is 13.1. The molecule has 1 saturated heterocycles. The summed E-state index contributed by atoms with van der Waals surface area (Å²) in [6, 6.07) is 22.6. The first-order valence-electron chi connectivity index (χ1n) is 20.0. The van der Waals surface area contributed by atoms with E-state index in [0.29, 0.717) is 25.5 Å². The van der Waals surface area contributed by atoms with Gasteiger partial charge < -0.3 is 34.6 Å². The molecule has 298 valence electrons. The van der Waals surface area contributed by atoms with Gasteiger partial charge >= 0.3 is 12.2 Å². The predicted molar refractivity (Wildman–Crippen MR) is 224 cm³/mol. The van der Waals surface area contributed by atoms with E-state index in [4.69, 9.17) is 14.5 Å². The van der Waals surface area contributed by atoms with Crippen molar-refractivity contribution in [2.24, 2.45) is 5.92 Å². The number of ether oxygens (including phenoxy) is 2. The summed E-state index contributed by atoms with van der Waals surface area (Å²) in [4.78, 5) is 58.7. The maximum atomic E-state index is 13.7. The van der Waals surface area contributed by atoms with Crippen LogP contribution in [0.5, 0.6) is 0 Å². The minimum atomic E-state index is -0.686. The number of alkyl carbamates (subject to hydrolysis) is 1. The summed E-state index contributed by atoms with van der Waals surface area (Å²) < 4.78 is 10.4. The van der Waals surface area contributed by atoms with Gasteiger partial charge in [-0.25, -0.2) is 19.6 Å². The number of fused-ring (bicyclic) bond motifs is 4. The van der Waals surface area contributed by atoms with Crippen LogP contribution < -0.4 is 5.32 Å². The summed E-state index contributed by atoms with van der Waals surface area (Å²) in [5, 5.41) is 7.10. The molecule has 0 bridgehead atoms. The van der Waals surface area contributed by atoms with Gasteiger partial charge in [0.1, 0.15) is 23.3 Å². The molecule has 0 radical (unpaired) electrons. The summed E-state index contributed by atoms with van der Waals surface area (Å²) in [7, 11) is 1.30. The standard InChI is InChI=1S/C45H53N7O5/c1-8-9-20-51(44(55)57-45(4,5)6)26-38-46-25-36(47-38)33-15-14-29-22-28(12-13-30(29)24-33)31-16-18-34-32(23-31)17-19-35-40(34)49-41(48-35)37-11-10-21-52(37)42(53)39(27(2)3)50-43(54)56-7/h12-19,22-25,27,37,39H,8-11,20-21,26H2,1-7H3,(H,46,47)(H,48,49)(H,50,54)/t37-,39-/m0/s1. The lowest BCUT2D eigenvalue weighted by Gasteiger charge is -2.29. The van der Waals surface area contributed by atoms with E-state index in [9.17, 15) is 14.4 Å². The van der Waals surface area contributed by atoms with E-state index >= 15 is 0 Å². The largest absolute Gasteiger partial charge is 0.453 e. The summed E-state index contributed by atoms with van der Waals surface area (Å²) in [5.74, 6) is 1.23. The number of H-pyrrole nitrogens is 2. The van der Waals surface area contributed by atoms with Crippen molar-refractivity contribution < 1.29 is 23.9 Å². The third kappa shape index (κ3) is 8.60. The molecule has 7 rings (SSSR count). The number of carbonyl (C=O) groups excluding carboxylic acids is 3. The van der Waals surface area contributed by atoms with Gasteiger partial charge in [-0.05, 0) is 97.5 Å². The lowest BCUT2D eigenvalue weighted by molar-refractivity contribution is -0.135. The van der Waals surface area contributed by atoms with Crippen molar-refractivity contribution in [3.8, 4) is 22.4 Å². The monoisotopic (exact) mass is 771 g/mol. The van der Waals surface area contributed by atoms with Crippen molar-refractivity contribution in [2.75, 3.05) is 20.2 Å². The van der Waals surface area contributed by atoms with Crippen LogP contribution in [0.4, 0.5) is 9.59 Å². The second kappa shape index (κ2) is 16.3. The van der Waals surface area contributed by atoms with Gasteiger partial charge in [0.2, 0.25) is 5.91 Å². The van der Waals surface area contributed by atoms with Crippen molar-refractivity contribution >= 4 is 50.7 Å². The molecule has 1 aliphatic rings. The highest BCUT2D eigenvalue weighted by Crippen LogP contribution is 2.36. The molecule has 1 fully saturated rings. The average molecular weight is 772 g/mol. The Morgan fingerprint density at radius 1 is 0.947 bits per heavy atom. The summed E-state index contributed by atoms with van der Waals surface area (Å²) >= 11 is 0. The molecule has 3 N–H and O–H groups in total. The maximum absolute atomic E-state index is 13.7. The van der Waals surface area contributed by atoms with Crippen LogP contribution in [-0.4, -0.2) is 79.7 Å². The van der Waals surface area contributed by atoms with E-state index in [1.165, 1.54) is 7.11 Å². The fourth-order valence-electron chi connectivity index (χ4n) is 7.63. The lowest BCUT2D eigenvalue weighted by Crippen LogP contribution is -2.51. The van der Waals surface area contributed by atoms with Crippen LogP contribution in [0.2, 0.25) is 0 Å². The van der Waals surface area contributed by atoms with Gasteiger partial charge in [-0.3, -0.25) is 4.79 Å². The average Bonchev–Trinajstić information content (AvgIpc) is 3.97. The Balaban J connectivity index is 1.09. The number of carbonyl (C=O) groups is 3. The van der Waals surface area contributed by atoms with Crippen LogP contribution in [0.15, 0.2) is 72.9 Å². The highest BCUT2D eigenvalue weighted by atomic mass is 16.6. The minimum Gasteiger partial charge on any atom is -0.453 e. The molecule has 6 aromatic rings. The van der Waals surface area contributed by atoms with E-state index in [0.717, 1.165) is 86.5 Å². The second-order valence-corrected chi connectivity index (χ2v) is 16.3. The first kappa shape index (κ1) is 39.3. The van der Waals surface area contributed by atoms with E-state index < -0.39 is 17.7 Å². The first-order valence-corrected chi connectivity index (χ1v) is 20.0. The minimum absolute atomic E-state index is 0.103. The lowest BCUT2D eigenvalue weighted by atomic mass is 9.97. The van der Waals surface area contributed by atoms with Crippen LogP contribution in [0, 0.1) is 5.92 Å². The first-order chi connectivity index (χ1) is 27.3. The van der Waals surface area contributed by atoms with Gasteiger partial charge in [0.15, 0.2) is 0 Å². The molecule has 0 aliphatic carbocycles. The molecule has 2 atom stereocenters. The van der Waals surface area contributed by atoms with Crippen LogP contribution in [0.3, 0.4) is 0 Å². The van der Waals surface area contributed by atoms with Gasteiger partial charge in [0.25, 0.3) is 0 Å². The molecule has 1 aliphatic heterocycles. The molecule has 12 nitrogen and oxygen atoms in total. The Labute approximate surface area is 333 Å². The molecular formula is C45H53N7O5. The van der Waals surface area contributed by atoms with Crippen LogP contribution in [0.1, 0.15) is 84.9 Å². The van der Waals surface area contributed by atoms with E-state index in [-0.39, 0.29) is 24.0 Å². The number of methoxy groups -OCH3 is 1. The van der Waals surface area contributed by atoms with Gasteiger partial charge in [-0.1, -0.05) is 69.7 Å². The molecule has 0 spiro atoms. The Morgan fingerprint density at radius 2 is 1.63 bits per heavy atom. The molecule has 12 heteroatoms. The van der Waals surface area contributed by atoms with Gasteiger partial charge in [-0.15, -0.1) is 0 Å². The van der Waals surface area contributed by atoms with Crippen molar-refractivity contribution in [1.82, 2.24) is 35.1 Å². The number of nitrogens with zero attached hydrogens (tertiary/aromatic N) is 4. The van der Waals surface area contributed by atoms with Crippen molar-refractivity contribution in [3.05, 3.63) is 84.6 Å². The zero-order valence-corrected chi connectivity index (χ0v) is 33.9. The highest BCUT2D eigenvalue weighted by molar-refractivity contribution is 6.05. The van der Waals surface area contributed by atoms with Gasteiger partial charge in [0, 0.05) is 24.0 Å². The fraction of sp³-hybridized carbons (Fsp3) is 0.400. The molecule has 3 heterocycles. The smallest absolute Gasteiger partial charge is 0.410 e. The number of benzene rings is 4.